The van der Waals surface area contributed by atoms with Gasteiger partial charge < -0.3 is 10.2 Å². The van der Waals surface area contributed by atoms with Gasteiger partial charge in [0.25, 0.3) is 0 Å². The molecule has 1 heterocycles. The van der Waals surface area contributed by atoms with Crippen LogP contribution in [-0.4, -0.2) is 24.6 Å². The molecule has 0 bridgehead atoms. The molecular weight excluding hydrogens is 234 g/mol. The summed E-state index contributed by atoms with van der Waals surface area (Å²) in [4.78, 5) is 7.01. The molecule has 1 rings (SSSR count). The minimum Gasteiger partial charge on any atom is -0.357 e. The molecule has 0 spiro atoms. The fourth-order valence-corrected chi connectivity index (χ4v) is 1.85. The topological polar surface area (TPSA) is 28.2 Å². The van der Waals surface area contributed by atoms with E-state index in [0.29, 0.717) is 12.0 Å². The lowest BCUT2D eigenvalue weighted by atomic mass is 10.1. The first-order valence-corrected chi connectivity index (χ1v) is 7.40. The average molecular weight is 263 g/mol. The van der Waals surface area contributed by atoms with Crippen molar-refractivity contribution in [1.82, 2.24) is 10.3 Å². The second-order valence-corrected chi connectivity index (χ2v) is 5.79. The van der Waals surface area contributed by atoms with E-state index in [0.717, 1.165) is 18.9 Å². The van der Waals surface area contributed by atoms with Gasteiger partial charge in [0.15, 0.2) is 0 Å². The zero-order chi connectivity index (χ0) is 14.4. The molecular formula is C16H29N3. The van der Waals surface area contributed by atoms with Crippen molar-refractivity contribution in [3.05, 3.63) is 23.4 Å². The van der Waals surface area contributed by atoms with E-state index in [1.165, 1.54) is 17.7 Å². The Morgan fingerprint density at radius 3 is 2.42 bits per heavy atom. The van der Waals surface area contributed by atoms with Gasteiger partial charge in [-0.25, -0.2) is 4.98 Å². The minimum absolute atomic E-state index is 0.463. The van der Waals surface area contributed by atoms with Gasteiger partial charge in [0.05, 0.1) is 0 Å². The molecule has 0 amide bonds. The second kappa shape index (κ2) is 7.49. The van der Waals surface area contributed by atoms with Crippen LogP contribution in [0, 0.1) is 0 Å². The maximum atomic E-state index is 4.78. The maximum Gasteiger partial charge on any atom is 0.129 e. The van der Waals surface area contributed by atoms with E-state index in [1.54, 1.807) is 0 Å². The molecule has 108 valence electrons. The minimum atomic E-state index is 0.463. The van der Waals surface area contributed by atoms with Gasteiger partial charge in [-0.15, -0.1) is 0 Å². The predicted molar refractivity (Wildman–Crippen MR) is 83.9 cm³/mol. The van der Waals surface area contributed by atoms with Crippen molar-refractivity contribution in [3.63, 3.8) is 0 Å². The summed E-state index contributed by atoms with van der Waals surface area (Å²) in [6.07, 6.45) is 1.17. The third kappa shape index (κ3) is 4.83. The molecule has 19 heavy (non-hydrogen) atoms. The zero-order valence-electron chi connectivity index (χ0n) is 13.3. The lowest BCUT2D eigenvalue weighted by Crippen LogP contribution is -2.27. The second-order valence-electron chi connectivity index (χ2n) is 5.79. The van der Waals surface area contributed by atoms with Gasteiger partial charge in [-0.05, 0) is 50.4 Å². The van der Waals surface area contributed by atoms with Gasteiger partial charge >= 0.3 is 0 Å². The molecule has 0 fully saturated rings. The largest absolute Gasteiger partial charge is 0.357 e. The van der Waals surface area contributed by atoms with Gasteiger partial charge in [0, 0.05) is 25.3 Å². The molecule has 1 N–H and O–H groups in total. The van der Waals surface area contributed by atoms with E-state index in [4.69, 9.17) is 4.98 Å². The standard InChI is InChI=1S/C16H29N3/c1-7-8-17-11-14-9-15(12(2)3)18-16(10-14)19(6)13(4)5/h9-10,12-13,17H,7-8,11H2,1-6H3. The molecule has 0 saturated carbocycles. The quantitative estimate of drug-likeness (QED) is 0.763. The summed E-state index contributed by atoms with van der Waals surface area (Å²) in [6.45, 7) is 13.0. The number of rotatable bonds is 7. The summed E-state index contributed by atoms with van der Waals surface area (Å²) in [7, 11) is 2.11. The van der Waals surface area contributed by atoms with Crippen LogP contribution in [0.2, 0.25) is 0 Å². The first-order chi connectivity index (χ1) is 8.95. The SMILES string of the molecule is CCCNCc1cc(C(C)C)nc(N(C)C(C)C)c1. The number of aromatic nitrogens is 1. The average Bonchev–Trinajstić information content (AvgIpc) is 2.37. The highest BCUT2D eigenvalue weighted by Crippen LogP contribution is 2.20. The summed E-state index contributed by atoms with van der Waals surface area (Å²) >= 11 is 0. The van der Waals surface area contributed by atoms with Crippen LogP contribution < -0.4 is 10.2 Å². The number of nitrogens with zero attached hydrogens (tertiary/aromatic N) is 2. The number of pyridine rings is 1. The van der Waals surface area contributed by atoms with E-state index in [1.807, 2.05) is 0 Å². The highest BCUT2D eigenvalue weighted by atomic mass is 15.2. The third-order valence-electron chi connectivity index (χ3n) is 3.37. The van der Waals surface area contributed by atoms with Crippen LogP contribution in [-0.2, 0) is 6.54 Å². The van der Waals surface area contributed by atoms with Gasteiger partial charge in [0.2, 0.25) is 0 Å². The molecule has 0 saturated heterocycles. The zero-order valence-corrected chi connectivity index (χ0v) is 13.3. The van der Waals surface area contributed by atoms with Crippen molar-refractivity contribution in [3.8, 4) is 0 Å². The summed E-state index contributed by atoms with van der Waals surface area (Å²) in [5, 5.41) is 3.47. The van der Waals surface area contributed by atoms with Gasteiger partial charge in [0.1, 0.15) is 5.82 Å². The molecule has 0 radical (unpaired) electrons. The third-order valence-corrected chi connectivity index (χ3v) is 3.37. The van der Waals surface area contributed by atoms with Crippen molar-refractivity contribution in [1.29, 1.82) is 0 Å². The summed E-state index contributed by atoms with van der Waals surface area (Å²) in [6, 6.07) is 4.89. The van der Waals surface area contributed by atoms with Crippen LogP contribution in [0.1, 0.15) is 58.2 Å². The normalized spacial score (nSPS) is 11.4. The molecule has 1 aromatic heterocycles. The van der Waals surface area contributed by atoms with E-state index >= 15 is 0 Å². The number of anilines is 1. The van der Waals surface area contributed by atoms with Crippen LogP contribution in [0.3, 0.4) is 0 Å². The van der Waals surface area contributed by atoms with Crippen molar-refractivity contribution in [2.45, 2.75) is 59.5 Å². The molecule has 1 aromatic rings. The van der Waals surface area contributed by atoms with Gasteiger partial charge in [-0.1, -0.05) is 20.8 Å². The van der Waals surface area contributed by atoms with Crippen LogP contribution in [0.15, 0.2) is 12.1 Å². The van der Waals surface area contributed by atoms with Crippen LogP contribution >= 0.6 is 0 Å². The van der Waals surface area contributed by atoms with Crippen LogP contribution in [0.4, 0.5) is 5.82 Å². The van der Waals surface area contributed by atoms with Gasteiger partial charge in [-0.3, -0.25) is 0 Å². The predicted octanol–water partition coefficient (Wildman–Crippen LogP) is 3.55. The molecule has 0 aliphatic heterocycles. The van der Waals surface area contributed by atoms with Crippen LogP contribution in [0.5, 0.6) is 0 Å². The fourth-order valence-electron chi connectivity index (χ4n) is 1.85. The van der Waals surface area contributed by atoms with Crippen molar-refractivity contribution in [2.24, 2.45) is 0 Å². The number of hydrogen-bond donors (Lipinski definition) is 1. The lowest BCUT2D eigenvalue weighted by molar-refractivity contribution is 0.670. The summed E-state index contributed by atoms with van der Waals surface area (Å²) in [5.41, 5.74) is 2.51. The molecule has 0 aliphatic carbocycles. The Kier molecular flexibility index (Phi) is 6.29. The monoisotopic (exact) mass is 263 g/mol. The van der Waals surface area contributed by atoms with Gasteiger partial charge in [-0.2, -0.15) is 0 Å². The first kappa shape index (κ1) is 16.0. The van der Waals surface area contributed by atoms with E-state index < -0.39 is 0 Å². The highest BCUT2D eigenvalue weighted by Gasteiger charge is 2.11. The molecule has 0 atom stereocenters. The molecule has 0 aromatic carbocycles. The summed E-state index contributed by atoms with van der Waals surface area (Å²) in [5.74, 6) is 1.54. The number of nitrogens with one attached hydrogen (secondary N) is 1. The molecule has 0 unspecified atom stereocenters. The van der Waals surface area contributed by atoms with Crippen molar-refractivity contribution < 1.29 is 0 Å². The Hall–Kier alpha value is -1.09. The Balaban J connectivity index is 2.97. The van der Waals surface area contributed by atoms with E-state index in [2.05, 4.69) is 64.0 Å². The Bertz CT molecular complexity index is 386. The Morgan fingerprint density at radius 2 is 1.89 bits per heavy atom. The van der Waals surface area contributed by atoms with E-state index in [9.17, 15) is 0 Å². The van der Waals surface area contributed by atoms with Crippen molar-refractivity contribution in [2.75, 3.05) is 18.5 Å². The lowest BCUT2D eigenvalue weighted by Gasteiger charge is -2.24. The molecule has 0 aliphatic rings. The number of hydrogen-bond acceptors (Lipinski definition) is 3. The molecule has 3 heteroatoms. The van der Waals surface area contributed by atoms with Crippen LogP contribution in [0.25, 0.3) is 0 Å². The summed E-state index contributed by atoms with van der Waals surface area (Å²) < 4.78 is 0. The molecule has 3 nitrogen and oxygen atoms in total. The van der Waals surface area contributed by atoms with E-state index in [-0.39, 0.29) is 0 Å². The highest BCUT2D eigenvalue weighted by molar-refractivity contribution is 5.43. The Labute approximate surface area is 118 Å². The smallest absolute Gasteiger partial charge is 0.129 e. The fraction of sp³-hybridized carbons (Fsp3) is 0.688. The first-order valence-electron chi connectivity index (χ1n) is 7.40. The Morgan fingerprint density at radius 1 is 1.21 bits per heavy atom. The maximum absolute atomic E-state index is 4.78. The van der Waals surface area contributed by atoms with Crippen molar-refractivity contribution >= 4 is 5.82 Å².